The van der Waals surface area contributed by atoms with Crippen molar-refractivity contribution in [3.05, 3.63) is 15.6 Å². The Kier molecular flexibility index (Phi) is 9.61. The molecule has 6 nitrogen and oxygen atoms in total. The van der Waals surface area contributed by atoms with E-state index in [1.54, 1.807) is 11.3 Å². The number of ether oxygens (including phenoxy) is 1. The third-order valence-corrected chi connectivity index (χ3v) is 5.74. The van der Waals surface area contributed by atoms with E-state index >= 15 is 0 Å². The fourth-order valence-electron chi connectivity index (χ4n) is 2.99. The third-order valence-electron chi connectivity index (χ3n) is 4.68. The van der Waals surface area contributed by atoms with Gasteiger partial charge in [-0.2, -0.15) is 0 Å². The van der Waals surface area contributed by atoms with E-state index in [1.165, 1.54) is 4.88 Å². The number of halogens is 1. The number of hydrogen-bond acceptors (Lipinski definition) is 5. The van der Waals surface area contributed by atoms with Crippen molar-refractivity contribution in [1.29, 1.82) is 0 Å². The van der Waals surface area contributed by atoms with Crippen LogP contribution < -0.4 is 10.6 Å². The summed E-state index contributed by atoms with van der Waals surface area (Å²) >= 11 is 1.73. The summed E-state index contributed by atoms with van der Waals surface area (Å²) in [5.41, 5.74) is 1.22. The second-order valence-corrected chi connectivity index (χ2v) is 7.81. The van der Waals surface area contributed by atoms with Crippen LogP contribution in [0.4, 0.5) is 0 Å². The highest BCUT2D eigenvalue weighted by atomic mass is 127. The van der Waals surface area contributed by atoms with Crippen LogP contribution in [-0.2, 0) is 11.3 Å². The number of thiazole rings is 1. The van der Waals surface area contributed by atoms with Crippen molar-refractivity contribution in [2.75, 3.05) is 40.4 Å². The van der Waals surface area contributed by atoms with Crippen LogP contribution in [0.15, 0.2) is 4.99 Å². The molecule has 1 aliphatic heterocycles. The van der Waals surface area contributed by atoms with Crippen LogP contribution in [0.2, 0.25) is 0 Å². The first-order valence-corrected chi connectivity index (χ1v) is 9.49. The first kappa shape index (κ1) is 22.6. The number of rotatable bonds is 6. The predicted molar refractivity (Wildman–Crippen MR) is 116 cm³/mol. The van der Waals surface area contributed by atoms with Gasteiger partial charge < -0.3 is 20.3 Å². The van der Waals surface area contributed by atoms with Gasteiger partial charge in [0, 0.05) is 36.7 Å². The molecule has 1 aromatic rings. The average Bonchev–Trinajstić information content (AvgIpc) is 2.88. The summed E-state index contributed by atoms with van der Waals surface area (Å²) in [7, 11) is 4.31. The van der Waals surface area contributed by atoms with E-state index in [2.05, 4.69) is 48.5 Å². The van der Waals surface area contributed by atoms with E-state index in [9.17, 15) is 0 Å². The van der Waals surface area contributed by atoms with Gasteiger partial charge in [-0.3, -0.25) is 0 Å². The van der Waals surface area contributed by atoms with E-state index in [-0.39, 0.29) is 29.5 Å². The maximum absolute atomic E-state index is 5.54. The van der Waals surface area contributed by atoms with Gasteiger partial charge in [-0.05, 0) is 47.7 Å². The topological polar surface area (TPSA) is 61.8 Å². The lowest BCUT2D eigenvalue weighted by Gasteiger charge is -2.43. The summed E-state index contributed by atoms with van der Waals surface area (Å²) in [5, 5.41) is 7.98. The summed E-state index contributed by atoms with van der Waals surface area (Å²) in [6.45, 7) is 10.2. The lowest BCUT2D eigenvalue weighted by Crippen LogP contribution is -2.57. The van der Waals surface area contributed by atoms with Gasteiger partial charge in [0.25, 0.3) is 0 Å². The van der Waals surface area contributed by atoms with Gasteiger partial charge >= 0.3 is 0 Å². The maximum atomic E-state index is 5.54. The second-order valence-electron chi connectivity index (χ2n) is 6.52. The van der Waals surface area contributed by atoms with E-state index in [4.69, 9.17) is 9.73 Å². The first-order valence-electron chi connectivity index (χ1n) is 8.67. The van der Waals surface area contributed by atoms with Gasteiger partial charge in [0.2, 0.25) is 0 Å². The number of hydrogen-bond donors (Lipinski definition) is 2. The molecule has 0 aliphatic carbocycles. The van der Waals surface area contributed by atoms with Crippen molar-refractivity contribution in [2.45, 2.75) is 45.7 Å². The van der Waals surface area contributed by atoms with Gasteiger partial charge in [-0.15, -0.1) is 35.3 Å². The number of aromatic nitrogens is 1. The molecule has 1 fully saturated rings. The van der Waals surface area contributed by atoms with Crippen LogP contribution in [0.25, 0.3) is 0 Å². The standard InChI is InChI=1S/C17H31N5OS.HI/c1-6-18-16(19-11-15-13(2)21-14(3)24-15)20-12-17(22(4)5)7-9-23-10-8-17;/h6-12H2,1-5H3,(H2,18,19,20);1H. The molecular formula is C17H32IN5OS. The van der Waals surface area contributed by atoms with Crippen molar-refractivity contribution < 1.29 is 4.74 Å². The Morgan fingerprint density at radius 3 is 2.48 bits per heavy atom. The summed E-state index contributed by atoms with van der Waals surface area (Å²) < 4.78 is 5.54. The van der Waals surface area contributed by atoms with Crippen LogP contribution in [0.1, 0.15) is 35.3 Å². The van der Waals surface area contributed by atoms with Gasteiger partial charge in [0.15, 0.2) is 5.96 Å². The predicted octanol–water partition coefficient (Wildman–Crippen LogP) is 2.54. The van der Waals surface area contributed by atoms with E-state index < -0.39 is 0 Å². The fraction of sp³-hybridized carbons (Fsp3) is 0.765. The molecule has 2 heterocycles. The molecule has 0 saturated carbocycles. The van der Waals surface area contributed by atoms with Gasteiger partial charge in [-0.25, -0.2) is 9.98 Å². The summed E-state index contributed by atoms with van der Waals surface area (Å²) in [5.74, 6) is 0.871. The Bertz CT molecular complexity index is 555. The number of nitrogens with one attached hydrogen (secondary N) is 2. The number of aliphatic imine (C=N–C) groups is 1. The quantitative estimate of drug-likeness (QED) is 0.372. The van der Waals surface area contributed by atoms with Crippen molar-refractivity contribution in [3.63, 3.8) is 0 Å². The minimum absolute atomic E-state index is 0. The minimum atomic E-state index is 0. The fourth-order valence-corrected chi connectivity index (χ4v) is 3.86. The maximum Gasteiger partial charge on any atom is 0.191 e. The van der Waals surface area contributed by atoms with Crippen LogP contribution in [0.3, 0.4) is 0 Å². The molecule has 0 spiro atoms. The molecule has 0 radical (unpaired) electrons. The van der Waals surface area contributed by atoms with Crippen molar-refractivity contribution in [3.8, 4) is 0 Å². The highest BCUT2D eigenvalue weighted by molar-refractivity contribution is 14.0. The molecule has 2 N–H and O–H groups in total. The Labute approximate surface area is 172 Å². The molecule has 144 valence electrons. The van der Waals surface area contributed by atoms with Crippen molar-refractivity contribution in [1.82, 2.24) is 20.5 Å². The van der Waals surface area contributed by atoms with E-state index in [0.29, 0.717) is 6.54 Å². The van der Waals surface area contributed by atoms with Crippen LogP contribution >= 0.6 is 35.3 Å². The Hall–Kier alpha value is -0.450. The van der Waals surface area contributed by atoms with E-state index in [1.807, 2.05) is 6.92 Å². The van der Waals surface area contributed by atoms with Crippen molar-refractivity contribution in [2.24, 2.45) is 4.99 Å². The summed E-state index contributed by atoms with van der Waals surface area (Å²) in [6.07, 6.45) is 2.08. The number of nitrogens with zero attached hydrogens (tertiary/aromatic N) is 3. The lowest BCUT2D eigenvalue weighted by atomic mass is 9.88. The molecule has 0 unspecified atom stereocenters. The number of likely N-dealkylation sites (N-methyl/N-ethyl adjacent to an activating group) is 1. The molecular weight excluding hydrogens is 449 g/mol. The summed E-state index contributed by atoms with van der Waals surface area (Å²) in [6, 6.07) is 0. The third kappa shape index (κ3) is 6.33. The molecule has 0 bridgehead atoms. The lowest BCUT2D eigenvalue weighted by molar-refractivity contribution is -0.00501. The normalized spacial score (nSPS) is 17.3. The zero-order valence-electron chi connectivity index (χ0n) is 16.0. The van der Waals surface area contributed by atoms with E-state index in [0.717, 1.165) is 55.8 Å². The molecule has 2 rings (SSSR count). The van der Waals surface area contributed by atoms with Crippen molar-refractivity contribution >= 4 is 41.3 Å². The Morgan fingerprint density at radius 1 is 1.28 bits per heavy atom. The summed E-state index contributed by atoms with van der Waals surface area (Å²) in [4.78, 5) is 12.8. The largest absolute Gasteiger partial charge is 0.381 e. The first-order chi connectivity index (χ1) is 11.5. The average molecular weight is 481 g/mol. The van der Waals surface area contributed by atoms with Gasteiger partial charge in [0.1, 0.15) is 0 Å². The highest BCUT2D eigenvalue weighted by Crippen LogP contribution is 2.25. The molecule has 8 heteroatoms. The highest BCUT2D eigenvalue weighted by Gasteiger charge is 2.34. The second kappa shape index (κ2) is 10.6. The molecule has 1 aliphatic rings. The molecule has 25 heavy (non-hydrogen) atoms. The molecule has 0 amide bonds. The molecule has 1 saturated heterocycles. The molecule has 0 aromatic carbocycles. The smallest absolute Gasteiger partial charge is 0.191 e. The van der Waals surface area contributed by atoms with Gasteiger partial charge in [-0.1, -0.05) is 0 Å². The van der Waals surface area contributed by atoms with Crippen LogP contribution in [0, 0.1) is 13.8 Å². The zero-order valence-corrected chi connectivity index (χ0v) is 19.2. The SMILES string of the molecule is CCNC(=NCc1sc(C)nc1C)NCC1(N(C)C)CCOCC1.I. The van der Waals surface area contributed by atoms with Crippen LogP contribution in [0.5, 0.6) is 0 Å². The Balaban J connectivity index is 0.00000312. The molecule has 0 atom stereocenters. The number of aryl methyl sites for hydroxylation is 2. The Morgan fingerprint density at radius 2 is 1.96 bits per heavy atom. The monoisotopic (exact) mass is 481 g/mol. The minimum Gasteiger partial charge on any atom is -0.381 e. The number of guanidine groups is 1. The zero-order chi connectivity index (χ0) is 17.6. The van der Waals surface area contributed by atoms with Crippen LogP contribution in [-0.4, -0.2) is 61.8 Å². The molecule has 1 aromatic heterocycles. The van der Waals surface area contributed by atoms with Gasteiger partial charge in [0.05, 0.1) is 17.2 Å².